The lowest BCUT2D eigenvalue weighted by Crippen LogP contribution is -2.08. The van der Waals surface area contributed by atoms with Crippen LogP contribution in [0.4, 0.5) is 0 Å². The summed E-state index contributed by atoms with van der Waals surface area (Å²) in [4.78, 5) is 0. The first kappa shape index (κ1) is 18.4. The molecule has 0 aromatic heterocycles. The molecule has 26 heavy (non-hydrogen) atoms. The molecule has 0 aliphatic rings. The number of hydrogen-bond donors (Lipinski definition) is 0. The van der Waals surface area contributed by atoms with Crippen LogP contribution in [0, 0.1) is 13.8 Å². The van der Waals surface area contributed by atoms with Gasteiger partial charge < -0.3 is 13.6 Å². The number of halogens is 1. The van der Waals surface area contributed by atoms with Gasteiger partial charge in [-0.2, -0.15) is 4.57 Å². The van der Waals surface area contributed by atoms with Crippen molar-refractivity contribution in [2.75, 3.05) is 0 Å². The van der Waals surface area contributed by atoms with Crippen LogP contribution in [-0.2, 0) is 4.57 Å². The van der Waals surface area contributed by atoms with Crippen molar-refractivity contribution in [2.24, 2.45) is 0 Å². The quantitative estimate of drug-likeness (QED) is 0.446. The summed E-state index contributed by atoms with van der Waals surface area (Å²) in [5.74, 6) is 1.14. The van der Waals surface area contributed by atoms with Gasteiger partial charge in [0.1, 0.15) is 17.2 Å². The molecule has 0 fully saturated rings. The monoisotopic (exact) mass is 388 g/mol. The lowest BCUT2D eigenvalue weighted by Gasteiger charge is -2.21. The predicted molar refractivity (Wildman–Crippen MR) is 103 cm³/mol. The van der Waals surface area contributed by atoms with Crippen LogP contribution in [0.5, 0.6) is 17.2 Å². The van der Waals surface area contributed by atoms with E-state index in [4.69, 9.17) is 25.2 Å². The Kier molecular flexibility index (Phi) is 5.55. The van der Waals surface area contributed by atoms with Gasteiger partial charge in [-0.25, -0.2) is 0 Å². The van der Waals surface area contributed by atoms with Crippen molar-refractivity contribution < 1.29 is 18.1 Å². The largest absolute Gasteiger partial charge is 0.647 e. The van der Waals surface area contributed by atoms with Gasteiger partial charge in [0.25, 0.3) is 0 Å². The lowest BCUT2D eigenvalue weighted by atomic mass is 10.2. The Morgan fingerprint density at radius 3 is 1.77 bits per heavy atom. The van der Waals surface area contributed by atoms with E-state index in [-0.39, 0.29) is 0 Å². The zero-order chi connectivity index (χ0) is 18.6. The molecule has 0 heterocycles. The van der Waals surface area contributed by atoms with Gasteiger partial charge in [-0.1, -0.05) is 54.1 Å². The Morgan fingerprint density at radius 1 is 0.731 bits per heavy atom. The zero-order valence-electron chi connectivity index (χ0n) is 14.4. The molecule has 0 N–H and O–H groups in total. The van der Waals surface area contributed by atoms with Gasteiger partial charge in [0, 0.05) is 5.02 Å². The number of hydrogen-bond acceptors (Lipinski definition) is 4. The first-order valence-corrected chi connectivity index (χ1v) is 9.85. The number of para-hydroxylation sites is 2. The Labute approximate surface area is 157 Å². The second-order valence-electron chi connectivity index (χ2n) is 5.71. The fraction of sp³-hybridized carbons (Fsp3) is 0.100. The molecule has 3 aromatic carbocycles. The Hall–Kier alpha value is -2.42. The number of aryl methyl sites for hydroxylation is 2. The van der Waals surface area contributed by atoms with Gasteiger partial charge in [0.05, 0.1) is 0 Å². The van der Waals surface area contributed by atoms with Crippen LogP contribution in [0.25, 0.3) is 0 Å². The van der Waals surface area contributed by atoms with E-state index in [1.54, 1.807) is 48.5 Å². The van der Waals surface area contributed by atoms with Crippen LogP contribution >= 0.6 is 19.4 Å². The molecule has 0 saturated heterocycles. The third kappa shape index (κ3) is 4.60. The second kappa shape index (κ2) is 7.86. The maximum Gasteiger partial charge on any atom is 0.647 e. The van der Waals surface area contributed by atoms with Gasteiger partial charge in [0.2, 0.25) is 0 Å². The zero-order valence-corrected chi connectivity index (χ0v) is 16.0. The minimum absolute atomic E-state index is 0.294. The van der Waals surface area contributed by atoms with Crippen LogP contribution in [0.1, 0.15) is 11.1 Å². The summed E-state index contributed by atoms with van der Waals surface area (Å²) in [6, 6.07) is 21.0. The van der Waals surface area contributed by atoms with Crippen LogP contribution in [0.3, 0.4) is 0 Å². The number of phosphoric ester groups is 1. The summed E-state index contributed by atoms with van der Waals surface area (Å²) in [6.45, 7) is 3.71. The number of phosphoric acid groups is 1. The van der Waals surface area contributed by atoms with Crippen LogP contribution in [-0.4, -0.2) is 0 Å². The lowest BCUT2D eigenvalue weighted by molar-refractivity contribution is 0.297. The molecular formula is C20H18ClO4P. The Bertz CT molecular complexity index is 906. The topological polar surface area (TPSA) is 44.8 Å². The maximum absolute atomic E-state index is 13.4. The van der Waals surface area contributed by atoms with E-state index in [9.17, 15) is 4.57 Å². The molecule has 0 saturated carbocycles. The van der Waals surface area contributed by atoms with Crippen LogP contribution < -0.4 is 13.6 Å². The molecule has 0 radical (unpaired) electrons. The summed E-state index contributed by atoms with van der Waals surface area (Å²) in [6.07, 6.45) is 0. The fourth-order valence-corrected chi connectivity index (χ4v) is 3.82. The van der Waals surface area contributed by atoms with Gasteiger partial charge in [-0.05, 0) is 55.3 Å². The fourth-order valence-electron chi connectivity index (χ4n) is 2.27. The molecular weight excluding hydrogens is 371 g/mol. The van der Waals surface area contributed by atoms with Gasteiger partial charge in [0.15, 0.2) is 0 Å². The highest BCUT2D eigenvalue weighted by molar-refractivity contribution is 7.49. The molecule has 0 bridgehead atoms. The summed E-state index contributed by atoms with van der Waals surface area (Å²) < 4.78 is 30.5. The predicted octanol–water partition coefficient (Wildman–Crippen LogP) is 6.60. The Morgan fingerprint density at radius 2 is 1.27 bits per heavy atom. The SMILES string of the molecule is Cc1ccccc1OP(=O)(Oc1cccc(Cl)c1)Oc1ccccc1C. The maximum atomic E-state index is 13.4. The third-order valence-electron chi connectivity index (χ3n) is 3.62. The van der Waals surface area contributed by atoms with Crippen molar-refractivity contribution in [2.45, 2.75) is 13.8 Å². The smallest absolute Gasteiger partial charge is 0.386 e. The van der Waals surface area contributed by atoms with Crippen molar-refractivity contribution in [3.63, 3.8) is 0 Å². The number of rotatable bonds is 6. The van der Waals surface area contributed by atoms with Crippen molar-refractivity contribution in [3.8, 4) is 17.2 Å². The molecule has 0 aliphatic heterocycles. The van der Waals surface area contributed by atoms with E-state index in [1.165, 1.54) is 0 Å². The molecule has 0 aliphatic carbocycles. The van der Waals surface area contributed by atoms with Gasteiger partial charge in [-0.3, -0.25) is 0 Å². The normalized spacial score (nSPS) is 11.0. The molecule has 0 atom stereocenters. The van der Waals surface area contributed by atoms with Gasteiger partial charge in [-0.15, -0.1) is 0 Å². The summed E-state index contributed by atoms with van der Waals surface area (Å²) in [7, 11) is -4.02. The molecule has 4 nitrogen and oxygen atoms in total. The highest BCUT2D eigenvalue weighted by Crippen LogP contribution is 2.51. The van der Waals surface area contributed by atoms with Crippen LogP contribution in [0.2, 0.25) is 5.02 Å². The minimum atomic E-state index is -4.02. The molecule has 134 valence electrons. The summed E-state index contributed by atoms with van der Waals surface area (Å²) >= 11 is 5.99. The highest BCUT2D eigenvalue weighted by atomic mass is 35.5. The average molecular weight is 389 g/mol. The van der Waals surface area contributed by atoms with Crippen molar-refractivity contribution in [3.05, 3.63) is 88.9 Å². The van der Waals surface area contributed by atoms with E-state index in [1.807, 2.05) is 38.1 Å². The first-order valence-electron chi connectivity index (χ1n) is 8.01. The van der Waals surface area contributed by atoms with E-state index in [0.717, 1.165) is 11.1 Å². The molecule has 0 spiro atoms. The average Bonchev–Trinajstić information content (AvgIpc) is 2.59. The van der Waals surface area contributed by atoms with Crippen LogP contribution in [0.15, 0.2) is 72.8 Å². The summed E-state index contributed by atoms with van der Waals surface area (Å²) in [5, 5.41) is 0.459. The molecule has 0 amide bonds. The number of benzene rings is 3. The van der Waals surface area contributed by atoms with Gasteiger partial charge >= 0.3 is 7.82 Å². The van der Waals surface area contributed by atoms with E-state index < -0.39 is 7.82 Å². The Balaban J connectivity index is 1.96. The van der Waals surface area contributed by atoms with E-state index in [2.05, 4.69) is 0 Å². The molecule has 3 aromatic rings. The summed E-state index contributed by atoms with van der Waals surface area (Å²) in [5.41, 5.74) is 1.63. The second-order valence-corrected chi connectivity index (χ2v) is 7.59. The highest BCUT2D eigenvalue weighted by Gasteiger charge is 2.34. The third-order valence-corrected chi connectivity index (χ3v) is 5.13. The molecule has 3 rings (SSSR count). The van der Waals surface area contributed by atoms with E-state index in [0.29, 0.717) is 22.3 Å². The van der Waals surface area contributed by atoms with Crippen molar-refractivity contribution >= 4 is 19.4 Å². The standard InChI is InChI=1S/C20H18ClO4P/c1-15-8-3-5-12-19(15)24-26(22,23-18-11-7-10-17(21)14-18)25-20-13-6-4-9-16(20)2/h3-14H,1-2H3. The molecule has 6 heteroatoms. The minimum Gasteiger partial charge on any atom is -0.386 e. The molecule has 0 unspecified atom stereocenters. The first-order chi connectivity index (χ1) is 12.5. The van der Waals surface area contributed by atoms with Crippen molar-refractivity contribution in [1.29, 1.82) is 0 Å². The van der Waals surface area contributed by atoms with Crippen molar-refractivity contribution in [1.82, 2.24) is 0 Å². The van der Waals surface area contributed by atoms with E-state index >= 15 is 0 Å².